The van der Waals surface area contributed by atoms with Crippen LogP contribution in [0.5, 0.6) is 0 Å². The summed E-state index contributed by atoms with van der Waals surface area (Å²) in [6.07, 6.45) is 2.37. The molecule has 0 fully saturated rings. The highest BCUT2D eigenvalue weighted by Gasteiger charge is 1.88. The number of hydrogen-bond donors (Lipinski definition) is 0. The summed E-state index contributed by atoms with van der Waals surface area (Å²) in [5.74, 6) is 0.333. The van der Waals surface area contributed by atoms with Crippen molar-refractivity contribution in [2.45, 2.75) is 6.67 Å². The zero-order chi connectivity index (χ0) is 7.82. The molecule has 1 radical (unpaired) electrons. The first-order valence-corrected chi connectivity index (χ1v) is 10.3. The van der Waals surface area contributed by atoms with Crippen molar-refractivity contribution in [2.75, 3.05) is 0 Å². The largest absolute Gasteiger partial charge is 0.560 e. The summed E-state index contributed by atoms with van der Waals surface area (Å²) in [6.45, 7) is -0.538. The molecule has 53 valence electrons. The van der Waals surface area contributed by atoms with Gasteiger partial charge in [-0.2, -0.15) is 0 Å². The van der Waals surface area contributed by atoms with E-state index in [1.54, 1.807) is 6.07 Å². The van der Waals surface area contributed by atoms with Gasteiger partial charge in [0.25, 0.3) is 0 Å². The van der Waals surface area contributed by atoms with Gasteiger partial charge in [-0.15, -0.1) is 0 Å². The summed E-state index contributed by atoms with van der Waals surface area (Å²) >= 11 is 6.44. The lowest BCUT2D eigenvalue weighted by molar-refractivity contribution is 0.390. The smallest absolute Gasteiger partial charge is 0.455 e. The van der Waals surface area contributed by atoms with Crippen molar-refractivity contribution in [1.29, 1.82) is 0 Å². The summed E-state index contributed by atoms with van der Waals surface area (Å²) in [7, 11) is 0. The van der Waals surface area contributed by atoms with E-state index in [1.807, 2.05) is 0 Å². The van der Waals surface area contributed by atoms with Crippen LogP contribution in [-0.4, -0.2) is 16.0 Å². The van der Waals surface area contributed by atoms with E-state index in [0.29, 0.717) is 5.76 Å². The maximum atomic E-state index is 11.4. The molecule has 0 bridgehead atoms. The number of hydrogen-bond acceptors (Lipinski definition) is 1. The topological polar surface area (TPSA) is 13.1 Å². The van der Waals surface area contributed by atoms with Crippen molar-refractivity contribution in [3.8, 4) is 0 Å². The van der Waals surface area contributed by atoms with Gasteiger partial charge < -0.3 is 4.42 Å². The lowest BCUT2D eigenvalue weighted by Crippen LogP contribution is -1.64. The van der Waals surface area contributed by atoms with Crippen LogP contribution in [0.2, 0.25) is 0 Å². The predicted molar refractivity (Wildman–Crippen MR) is 46.0 cm³/mol. The van der Waals surface area contributed by atoms with Gasteiger partial charge in [0, 0.05) is 0 Å². The van der Waals surface area contributed by atoms with Gasteiger partial charge in [-0.25, -0.2) is 4.39 Å². The molecule has 0 aromatic carbocycles. The Kier molecular flexibility index (Phi) is 8.79. The highest BCUT2D eigenvalue weighted by atomic mass is 79.9. The second-order valence-electron chi connectivity index (χ2n) is 1.25. The van der Waals surface area contributed by atoms with Crippen molar-refractivity contribution in [3.63, 3.8) is 0 Å². The molecule has 0 spiro atoms. The van der Waals surface area contributed by atoms with E-state index in [0.717, 1.165) is 0 Å². The quantitative estimate of drug-likeness (QED) is 0.722. The van der Waals surface area contributed by atoms with Crippen LogP contribution in [0.15, 0.2) is 16.5 Å². The van der Waals surface area contributed by atoms with Gasteiger partial charge in [0.15, 0.2) is 6.26 Å². The minimum absolute atomic E-state index is 0.0417. The second-order valence-corrected chi connectivity index (χ2v) is 9.34. The third-order valence-corrected chi connectivity index (χ3v) is 0.659. The zero-order valence-corrected chi connectivity index (χ0v) is 9.70. The fourth-order valence-electron chi connectivity index (χ4n) is 0.343. The van der Waals surface area contributed by atoms with Gasteiger partial charge >= 0.3 is 16.0 Å². The van der Waals surface area contributed by atoms with E-state index >= 15 is 0 Å². The first-order chi connectivity index (χ1) is 4.85. The average Bonchev–Trinajstić information content (AvgIpc) is 2.39. The number of furan rings is 1. The number of alkyl halides is 1. The van der Waals surface area contributed by atoms with Crippen molar-refractivity contribution in [1.82, 2.24) is 0 Å². The highest BCUT2D eigenvalue weighted by Crippen LogP contribution is 1.98. The van der Waals surface area contributed by atoms with Crippen molar-refractivity contribution < 1.29 is 8.81 Å². The minimum Gasteiger partial charge on any atom is -0.455 e. The summed E-state index contributed by atoms with van der Waals surface area (Å²) < 4.78 is 15.9. The van der Waals surface area contributed by atoms with Crippen LogP contribution < -0.4 is 0 Å². The van der Waals surface area contributed by atoms with Gasteiger partial charge in [-0.1, -0.05) is 0 Å². The molecule has 5 heteroatoms. The van der Waals surface area contributed by atoms with Crippen molar-refractivity contribution in [2.24, 2.45) is 0 Å². The molecule has 0 saturated carbocycles. The summed E-state index contributed by atoms with van der Waals surface area (Å²) in [5.41, 5.74) is 0. The summed E-state index contributed by atoms with van der Waals surface area (Å²) in [5, 5.41) is 0. The molecule has 0 N–H and O–H groups in total. The van der Waals surface area contributed by atoms with Gasteiger partial charge in [-0.05, 0) is 12.1 Å². The molecule has 0 amide bonds. The predicted octanol–water partition coefficient (Wildman–Crippen LogP) is 2.86. The zero-order valence-electron chi connectivity index (χ0n) is 5.11. The standard InChI is InChI=1S/C5H4FO.2BrH.Mg/c6-4-5-2-1-3-7-5;;;/h1-2H,4H2;2*1H;/q;;;+2/p-2. The Balaban J connectivity index is 0.000000236. The highest BCUT2D eigenvalue weighted by molar-refractivity contribution is 9.47. The lowest BCUT2D eigenvalue weighted by atomic mass is 10.5. The van der Waals surface area contributed by atoms with Crippen LogP contribution >= 0.6 is 25.8 Å². The Morgan fingerprint density at radius 2 is 2.30 bits per heavy atom. The summed E-state index contributed by atoms with van der Waals surface area (Å²) in [4.78, 5) is 0. The Morgan fingerprint density at radius 3 is 2.50 bits per heavy atom. The lowest BCUT2D eigenvalue weighted by Gasteiger charge is -1.76. The van der Waals surface area contributed by atoms with Crippen molar-refractivity contribution in [3.05, 3.63) is 24.2 Å². The normalized spacial score (nSPS) is 7.50. The molecule has 1 aromatic rings. The first-order valence-electron chi connectivity index (χ1n) is 2.47. The van der Waals surface area contributed by atoms with E-state index in [4.69, 9.17) is 0 Å². The molecule has 10 heavy (non-hydrogen) atoms. The van der Waals surface area contributed by atoms with Gasteiger partial charge in [-0.3, -0.25) is 25.8 Å². The van der Waals surface area contributed by atoms with Crippen LogP contribution in [0.25, 0.3) is 0 Å². The number of halogens is 3. The molecule has 1 nitrogen and oxygen atoms in total. The second kappa shape index (κ2) is 8.04. The molecule has 0 aliphatic heterocycles. The third kappa shape index (κ3) is 5.70. The van der Waals surface area contributed by atoms with Gasteiger partial charge in [0.05, 0.1) is 0 Å². The van der Waals surface area contributed by atoms with Crippen LogP contribution in [-0.2, 0) is 6.67 Å². The van der Waals surface area contributed by atoms with Crippen LogP contribution in [0, 0.1) is 6.26 Å². The SMILES string of the molecule is FCc1cc[c]o1.[Br][Mg][Br]. The van der Waals surface area contributed by atoms with E-state index in [9.17, 15) is 4.39 Å². The van der Waals surface area contributed by atoms with E-state index in [-0.39, 0.29) is 16.0 Å². The third-order valence-electron chi connectivity index (χ3n) is 0.659. The van der Waals surface area contributed by atoms with E-state index < -0.39 is 6.67 Å². The Bertz CT molecular complexity index is 145. The molecular formula is C5H4Br2FMgO. The average molecular weight is 283 g/mol. The Labute approximate surface area is 80.8 Å². The Morgan fingerprint density at radius 1 is 1.70 bits per heavy atom. The number of rotatable bonds is 1. The molecule has 0 saturated heterocycles. The monoisotopic (exact) mass is 281 g/mol. The maximum absolute atomic E-state index is 11.4. The molecule has 0 atom stereocenters. The molecule has 0 aliphatic carbocycles. The molecule has 1 heterocycles. The van der Waals surface area contributed by atoms with Crippen LogP contribution in [0.1, 0.15) is 5.76 Å². The van der Waals surface area contributed by atoms with E-state index in [2.05, 4.69) is 36.4 Å². The van der Waals surface area contributed by atoms with Crippen molar-refractivity contribution >= 4 is 41.8 Å². The molecular weight excluding hydrogens is 279 g/mol. The summed E-state index contributed by atoms with van der Waals surface area (Å²) in [6, 6.07) is 3.08. The molecule has 0 unspecified atom stereocenters. The molecule has 1 aromatic heterocycles. The van der Waals surface area contributed by atoms with Crippen LogP contribution in [0.3, 0.4) is 0 Å². The molecule has 0 aliphatic rings. The van der Waals surface area contributed by atoms with Crippen LogP contribution in [0.4, 0.5) is 4.39 Å². The fourth-order valence-corrected chi connectivity index (χ4v) is 0.343. The first kappa shape index (κ1) is 10.9. The van der Waals surface area contributed by atoms with E-state index in [1.165, 1.54) is 6.07 Å². The Hall–Kier alpha value is 0.936. The maximum Gasteiger partial charge on any atom is 0.560 e. The minimum atomic E-state index is -0.538. The van der Waals surface area contributed by atoms with Gasteiger partial charge in [0.1, 0.15) is 12.4 Å². The molecule has 1 rings (SSSR count). The fraction of sp³-hybridized carbons (Fsp3) is 0.200. The van der Waals surface area contributed by atoms with Gasteiger partial charge in [0.2, 0.25) is 0 Å².